The number of carbonyl (C=O) groups is 6. The third kappa shape index (κ3) is 10.8. The molecule has 2 aliphatic heterocycles. The van der Waals surface area contributed by atoms with Crippen molar-refractivity contribution in [3.8, 4) is 11.5 Å². The molecule has 3 atom stereocenters. The Bertz CT molecular complexity index is 2200. The van der Waals surface area contributed by atoms with Crippen molar-refractivity contribution in [3.63, 3.8) is 0 Å². The number of anilines is 3. The zero-order chi connectivity index (χ0) is 43.0. The van der Waals surface area contributed by atoms with Crippen molar-refractivity contribution in [2.45, 2.75) is 77.6 Å². The van der Waals surface area contributed by atoms with Crippen LogP contribution in [0.5, 0.6) is 11.5 Å². The van der Waals surface area contributed by atoms with Crippen molar-refractivity contribution in [2.75, 3.05) is 35.9 Å². The summed E-state index contributed by atoms with van der Waals surface area (Å²) in [7, 11) is -1.85. The molecule has 59 heavy (non-hydrogen) atoms. The molecule has 5 rings (SSSR count). The van der Waals surface area contributed by atoms with Crippen molar-refractivity contribution in [1.82, 2.24) is 14.8 Å². The largest absolute Gasteiger partial charge is 0.504 e. The van der Waals surface area contributed by atoms with E-state index in [1.165, 1.54) is 38.2 Å². The summed E-state index contributed by atoms with van der Waals surface area (Å²) in [5, 5.41) is 15.8. The third-order valence-corrected chi connectivity index (χ3v) is 10.9. The van der Waals surface area contributed by atoms with Crippen LogP contribution in [0.25, 0.3) is 0 Å². The van der Waals surface area contributed by atoms with E-state index in [4.69, 9.17) is 9.47 Å². The number of hydrogen-bond acceptors (Lipinski definition) is 12. The van der Waals surface area contributed by atoms with Crippen LogP contribution in [0.2, 0.25) is 0 Å². The topological polar surface area (TPSA) is 239 Å². The lowest BCUT2D eigenvalue weighted by molar-refractivity contribution is -0.140. The first-order chi connectivity index (χ1) is 28.0. The lowest BCUT2D eigenvalue weighted by Gasteiger charge is -2.26. The molecule has 0 saturated carbocycles. The number of nitrogens with zero attached hydrogens (tertiary/aromatic N) is 2. The Morgan fingerprint density at radius 1 is 0.915 bits per heavy atom. The first-order valence-electron chi connectivity index (χ1n) is 18.9. The molecule has 0 aromatic heterocycles. The van der Waals surface area contributed by atoms with Crippen molar-refractivity contribution in [3.05, 3.63) is 77.4 Å². The van der Waals surface area contributed by atoms with E-state index in [-0.39, 0.29) is 61.1 Å². The fraction of sp³-hybridized carbons (Fsp3) is 0.400. The maximum atomic E-state index is 13.9. The number of amides is 5. The highest BCUT2D eigenvalue weighted by Gasteiger charge is 2.42. The van der Waals surface area contributed by atoms with Crippen LogP contribution in [-0.2, 0) is 51.9 Å². The molecule has 0 bridgehead atoms. The van der Waals surface area contributed by atoms with E-state index in [0.717, 1.165) is 11.3 Å². The normalized spacial score (nSPS) is 15.5. The van der Waals surface area contributed by atoms with Gasteiger partial charge in [-0.3, -0.25) is 28.9 Å². The summed E-state index contributed by atoms with van der Waals surface area (Å²) in [5.74, 6) is -3.77. The van der Waals surface area contributed by atoms with Gasteiger partial charge >= 0.3 is 22.3 Å². The average molecular weight is 837 g/mol. The Balaban J connectivity index is 1.15. The molecule has 18 nitrogen and oxygen atoms in total. The van der Waals surface area contributed by atoms with E-state index in [1.54, 1.807) is 43.0 Å². The van der Waals surface area contributed by atoms with Crippen LogP contribution in [0.4, 0.5) is 21.9 Å². The minimum absolute atomic E-state index is 0.0767. The minimum Gasteiger partial charge on any atom is -0.504 e. The number of esters is 1. The molecular weight excluding hydrogens is 789 g/mol. The van der Waals surface area contributed by atoms with Gasteiger partial charge in [0, 0.05) is 30.3 Å². The Labute approximate surface area is 341 Å². The van der Waals surface area contributed by atoms with E-state index in [0.29, 0.717) is 24.1 Å². The number of carbonyl (C=O) groups excluding carboxylic acids is 6. The predicted octanol–water partition coefficient (Wildman–Crippen LogP) is 3.28. The third-order valence-electron chi connectivity index (χ3n) is 9.80. The van der Waals surface area contributed by atoms with Crippen LogP contribution < -0.4 is 34.6 Å². The number of rotatable bonds is 16. The number of fused-ring (bicyclic) bond motifs is 4. The van der Waals surface area contributed by atoms with Crippen molar-refractivity contribution < 1.29 is 56.5 Å². The molecule has 0 spiro atoms. The highest BCUT2D eigenvalue weighted by Crippen LogP contribution is 2.42. The van der Waals surface area contributed by atoms with Gasteiger partial charge in [0.05, 0.1) is 38.1 Å². The van der Waals surface area contributed by atoms with E-state index in [1.807, 2.05) is 29.0 Å². The summed E-state index contributed by atoms with van der Waals surface area (Å²) in [6.45, 7) is 4.51. The fourth-order valence-corrected chi connectivity index (χ4v) is 7.86. The highest BCUT2D eigenvalue weighted by molar-refractivity contribution is 7.88. The summed E-state index contributed by atoms with van der Waals surface area (Å²) in [4.78, 5) is 80.1. The summed E-state index contributed by atoms with van der Waals surface area (Å²) >= 11 is 0. The van der Waals surface area contributed by atoms with Crippen LogP contribution in [0, 0.1) is 5.92 Å². The van der Waals surface area contributed by atoms with Crippen molar-refractivity contribution in [1.29, 1.82) is 0 Å². The quantitative estimate of drug-likeness (QED) is 0.103. The van der Waals surface area contributed by atoms with Gasteiger partial charge in [-0.15, -0.1) is 0 Å². The Hall–Kier alpha value is -6.21. The molecule has 2 aliphatic rings. The zero-order valence-corrected chi connectivity index (χ0v) is 34.1. The SMILES string of the molecule is COC(=O)CCCCC(=O)NS(=O)(=O)N[C@H](C(=O)N[C@@H](C)C(=O)Nc1ccc(COC(=O)N2C[C@@H]3Cc4ccccc4N3C(=O)c3cc(OC)c(O)cc32)cc1)C(C)C. The Morgan fingerprint density at radius 2 is 1.61 bits per heavy atom. The molecule has 0 fully saturated rings. The molecule has 2 heterocycles. The number of methoxy groups -OCH3 is 2. The molecule has 3 aromatic carbocycles. The first-order valence-corrected chi connectivity index (χ1v) is 20.4. The number of benzene rings is 3. The molecule has 19 heteroatoms. The van der Waals surface area contributed by atoms with E-state index < -0.39 is 64.0 Å². The Morgan fingerprint density at radius 3 is 2.29 bits per heavy atom. The smallest absolute Gasteiger partial charge is 0.414 e. The first kappa shape index (κ1) is 43.9. The number of phenolic OH excluding ortho intramolecular Hbond substituents is 1. The molecule has 0 saturated heterocycles. The van der Waals surface area contributed by atoms with Gasteiger partial charge in [-0.05, 0) is 67.5 Å². The molecular formula is C40H48N6O12S. The monoisotopic (exact) mass is 836 g/mol. The standard InChI is InChI=1S/C40H48N6O12S/c1-23(2)36(44-59(54,55)43-34(48)12-8-9-13-35(49)57-5)38(51)41-24(3)37(50)42-27-16-14-25(15-17-27)22-58-40(53)45-21-28-18-26-10-6-7-11-30(26)46(28)39(52)29-19-33(56-4)32(47)20-31(29)45/h6-7,10-11,14-17,19-20,23-24,28,36,44,47H,8-9,12-13,18,21-22H2,1-5H3,(H,41,51)(H,42,50)(H,43,48)/t24-,28-,36-/m0/s1. The molecule has 5 amide bonds. The summed E-state index contributed by atoms with van der Waals surface area (Å²) in [5.41, 5.74) is 2.96. The summed E-state index contributed by atoms with van der Waals surface area (Å²) < 4.78 is 44.8. The zero-order valence-electron chi connectivity index (χ0n) is 33.3. The van der Waals surface area contributed by atoms with Crippen LogP contribution in [-0.4, -0.2) is 88.1 Å². The second-order valence-corrected chi connectivity index (χ2v) is 15.9. The molecule has 0 radical (unpaired) electrons. The number of nitrogens with one attached hydrogen (secondary N) is 4. The second-order valence-electron chi connectivity index (χ2n) is 14.4. The maximum Gasteiger partial charge on any atom is 0.414 e. The van der Waals surface area contributed by atoms with Crippen LogP contribution in [0.3, 0.4) is 0 Å². The summed E-state index contributed by atoms with van der Waals surface area (Å²) in [6, 6.07) is 13.8. The average Bonchev–Trinajstić information content (AvgIpc) is 3.52. The fourth-order valence-electron chi connectivity index (χ4n) is 6.68. The van der Waals surface area contributed by atoms with Crippen molar-refractivity contribution >= 4 is 63.0 Å². The van der Waals surface area contributed by atoms with E-state index in [2.05, 4.69) is 20.1 Å². The number of phenols is 1. The van der Waals surface area contributed by atoms with Crippen LogP contribution in [0.1, 0.15) is 67.9 Å². The van der Waals surface area contributed by atoms with E-state index in [9.17, 15) is 42.3 Å². The van der Waals surface area contributed by atoms with Gasteiger partial charge in [0.2, 0.25) is 17.7 Å². The number of unbranched alkanes of at least 4 members (excludes halogenated alkanes) is 1. The minimum atomic E-state index is -4.46. The lowest BCUT2D eigenvalue weighted by atomic mass is 10.0. The lowest BCUT2D eigenvalue weighted by Crippen LogP contribution is -2.56. The van der Waals surface area contributed by atoms with Gasteiger partial charge in [0.15, 0.2) is 11.5 Å². The maximum absolute atomic E-state index is 13.9. The summed E-state index contributed by atoms with van der Waals surface area (Å²) in [6.07, 6.45) is 0.237. The van der Waals surface area contributed by atoms with Gasteiger partial charge in [0.25, 0.3) is 5.91 Å². The highest BCUT2D eigenvalue weighted by atomic mass is 32.2. The number of para-hydroxylation sites is 1. The molecule has 5 N–H and O–H groups in total. The van der Waals surface area contributed by atoms with Gasteiger partial charge in [-0.25, -0.2) is 9.52 Å². The van der Waals surface area contributed by atoms with Crippen LogP contribution in [0.15, 0.2) is 60.7 Å². The van der Waals surface area contributed by atoms with Crippen LogP contribution >= 0.6 is 0 Å². The van der Waals surface area contributed by atoms with Gasteiger partial charge in [-0.2, -0.15) is 13.1 Å². The molecule has 0 unspecified atom stereocenters. The number of aromatic hydroxyl groups is 1. The molecule has 0 aliphatic carbocycles. The predicted molar refractivity (Wildman–Crippen MR) is 215 cm³/mol. The second kappa shape index (κ2) is 19.0. The van der Waals surface area contributed by atoms with Gasteiger partial charge in [-0.1, -0.05) is 44.2 Å². The van der Waals surface area contributed by atoms with Gasteiger partial charge < -0.3 is 34.9 Å². The number of hydrogen-bond donors (Lipinski definition) is 5. The Kier molecular flexibility index (Phi) is 14.2. The molecule has 316 valence electrons. The van der Waals surface area contributed by atoms with Crippen molar-refractivity contribution in [2.24, 2.45) is 5.92 Å². The van der Waals surface area contributed by atoms with Gasteiger partial charge in [0.1, 0.15) is 18.7 Å². The molecule has 3 aromatic rings. The number of ether oxygens (including phenoxy) is 3. The van der Waals surface area contributed by atoms with E-state index >= 15 is 0 Å².